The van der Waals surface area contributed by atoms with Crippen LogP contribution in [0.15, 0.2) is 39.7 Å². The second-order valence-electron chi connectivity index (χ2n) is 5.58. The van der Waals surface area contributed by atoms with Gasteiger partial charge in [0.1, 0.15) is 23.8 Å². The fourth-order valence-electron chi connectivity index (χ4n) is 2.50. The van der Waals surface area contributed by atoms with Crippen molar-refractivity contribution in [1.29, 1.82) is 0 Å². The number of nitro benzene ring substituents is 1. The Morgan fingerprint density at radius 3 is 2.75 bits per heavy atom. The molecular formula is C17H13N3O7S. The minimum Gasteiger partial charge on any atom is -0.496 e. The smallest absolute Gasteiger partial charge is 0.294 e. The summed E-state index contributed by atoms with van der Waals surface area (Å²) in [5, 5.41) is 10.4. The van der Waals surface area contributed by atoms with Gasteiger partial charge in [-0.3, -0.25) is 29.4 Å². The number of thioether (sulfide) groups is 1. The van der Waals surface area contributed by atoms with Crippen molar-refractivity contribution in [3.05, 3.63) is 51.1 Å². The maximum absolute atomic E-state index is 12.2. The molecule has 0 bridgehead atoms. The molecule has 1 fully saturated rings. The molecule has 0 radical (unpaired) electrons. The maximum Gasteiger partial charge on any atom is 0.294 e. The van der Waals surface area contributed by atoms with Crippen LogP contribution >= 0.6 is 11.8 Å². The predicted molar refractivity (Wildman–Crippen MR) is 99.2 cm³/mol. The van der Waals surface area contributed by atoms with Crippen molar-refractivity contribution in [2.45, 2.75) is 0 Å². The van der Waals surface area contributed by atoms with Crippen LogP contribution in [0.5, 0.6) is 5.75 Å². The third kappa shape index (κ3) is 3.74. The van der Waals surface area contributed by atoms with Crippen molar-refractivity contribution in [2.24, 2.45) is 5.73 Å². The average Bonchev–Trinajstić information content (AvgIpc) is 3.21. The Bertz CT molecular complexity index is 1030. The highest BCUT2D eigenvalue weighted by Crippen LogP contribution is 2.36. The van der Waals surface area contributed by atoms with Gasteiger partial charge in [-0.05, 0) is 30.0 Å². The number of rotatable bonds is 6. The maximum atomic E-state index is 12.2. The molecule has 1 aromatic heterocycles. The largest absolute Gasteiger partial charge is 0.496 e. The molecule has 0 unspecified atom stereocenters. The summed E-state index contributed by atoms with van der Waals surface area (Å²) in [6.45, 7) is -0.504. The lowest BCUT2D eigenvalue weighted by Crippen LogP contribution is -2.36. The summed E-state index contributed by atoms with van der Waals surface area (Å²) in [5.41, 5.74) is 5.25. The van der Waals surface area contributed by atoms with Crippen molar-refractivity contribution < 1.29 is 28.5 Å². The molecule has 0 aliphatic carbocycles. The first kappa shape index (κ1) is 19.2. The van der Waals surface area contributed by atoms with Gasteiger partial charge in [-0.15, -0.1) is 0 Å². The van der Waals surface area contributed by atoms with Gasteiger partial charge in [0.15, 0.2) is 0 Å². The number of non-ortho nitro benzene ring substituents is 1. The van der Waals surface area contributed by atoms with Gasteiger partial charge in [-0.25, -0.2) is 0 Å². The lowest BCUT2D eigenvalue weighted by molar-refractivity contribution is -0.384. The van der Waals surface area contributed by atoms with E-state index >= 15 is 0 Å². The molecule has 1 aliphatic heterocycles. The molecule has 1 aliphatic rings. The number of carbonyl (C=O) groups excluding carboxylic acids is 3. The summed E-state index contributed by atoms with van der Waals surface area (Å²) in [7, 11) is 1.42. The number of hydrogen-bond donors (Lipinski definition) is 1. The number of carbonyl (C=O) groups is 3. The minimum absolute atomic E-state index is 0.0677. The van der Waals surface area contributed by atoms with Crippen molar-refractivity contribution in [1.82, 2.24) is 4.90 Å². The number of nitrogens with two attached hydrogens (primary N) is 1. The molecule has 28 heavy (non-hydrogen) atoms. The molecule has 1 saturated heterocycles. The van der Waals surface area contributed by atoms with Crippen molar-refractivity contribution >= 4 is 40.6 Å². The number of hydrogen-bond acceptors (Lipinski definition) is 8. The van der Waals surface area contributed by atoms with Gasteiger partial charge < -0.3 is 14.9 Å². The first-order valence-electron chi connectivity index (χ1n) is 7.76. The number of amides is 3. The molecule has 3 amide bonds. The van der Waals surface area contributed by atoms with Crippen LogP contribution < -0.4 is 10.5 Å². The summed E-state index contributed by atoms with van der Waals surface area (Å²) in [4.78, 5) is 46.3. The standard InChI is InChI=1S/C17H13N3O7S/c1-26-12-4-2-9(20(24)25)6-11(12)13-5-3-10(27-13)7-14-16(22)19(8-15(18)21)17(23)28-14/h2-7H,8H2,1H3,(H2,18,21)/b14-7-. The van der Waals surface area contributed by atoms with Crippen LogP contribution in [0.1, 0.15) is 5.76 Å². The number of nitro groups is 1. The molecule has 2 N–H and O–H groups in total. The average molecular weight is 403 g/mol. The number of furan rings is 1. The van der Waals surface area contributed by atoms with E-state index < -0.39 is 28.5 Å². The van der Waals surface area contributed by atoms with Crippen LogP contribution in [0.3, 0.4) is 0 Å². The van der Waals surface area contributed by atoms with Gasteiger partial charge >= 0.3 is 0 Å². The third-order valence-electron chi connectivity index (χ3n) is 3.75. The normalized spacial score (nSPS) is 15.3. The number of ether oxygens (including phenoxy) is 1. The molecule has 10 nitrogen and oxygen atoms in total. The molecule has 0 saturated carbocycles. The van der Waals surface area contributed by atoms with Crippen LogP contribution in [0, 0.1) is 10.1 Å². The number of benzene rings is 1. The molecule has 2 aromatic rings. The van der Waals surface area contributed by atoms with Crippen LogP contribution in [-0.2, 0) is 9.59 Å². The van der Waals surface area contributed by atoms with Crippen molar-refractivity contribution in [3.63, 3.8) is 0 Å². The van der Waals surface area contributed by atoms with E-state index in [0.717, 1.165) is 4.90 Å². The lowest BCUT2D eigenvalue weighted by atomic mass is 10.1. The number of methoxy groups -OCH3 is 1. The van der Waals surface area contributed by atoms with E-state index in [1.807, 2.05) is 0 Å². The molecular weight excluding hydrogens is 390 g/mol. The zero-order valence-corrected chi connectivity index (χ0v) is 15.2. The SMILES string of the molecule is COc1ccc([N+](=O)[O-])cc1-c1ccc(/C=C2\SC(=O)N(CC(N)=O)C2=O)o1. The van der Waals surface area contributed by atoms with E-state index in [9.17, 15) is 24.5 Å². The highest BCUT2D eigenvalue weighted by molar-refractivity contribution is 8.18. The van der Waals surface area contributed by atoms with Crippen LogP contribution in [0.2, 0.25) is 0 Å². The van der Waals surface area contributed by atoms with Gasteiger partial charge in [-0.2, -0.15) is 0 Å². The minimum atomic E-state index is -0.804. The van der Waals surface area contributed by atoms with Crippen LogP contribution in [0.25, 0.3) is 17.4 Å². The van der Waals surface area contributed by atoms with E-state index in [2.05, 4.69) is 0 Å². The zero-order valence-electron chi connectivity index (χ0n) is 14.4. The Morgan fingerprint density at radius 1 is 1.36 bits per heavy atom. The van der Waals surface area contributed by atoms with E-state index in [1.165, 1.54) is 37.5 Å². The van der Waals surface area contributed by atoms with Gasteiger partial charge in [0, 0.05) is 18.2 Å². The van der Waals surface area contributed by atoms with Gasteiger partial charge in [0.25, 0.3) is 16.8 Å². The molecule has 0 atom stereocenters. The molecule has 2 heterocycles. The Balaban J connectivity index is 1.91. The van der Waals surface area contributed by atoms with E-state index in [-0.39, 0.29) is 22.1 Å². The Morgan fingerprint density at radius 2 is 2.11 bits per heavy atom. The van der Waals surface area contributed by atoms with E-state index in [0.29, 0.717) is 23.1 Å². The highest BCUT2D eigenvalue weighted by atomic mass is 32.2. The molecule has 3 rings (SSSR count). The fraction of sp³-hybridized carbons (Fsp3) is 0.118. The topological polar surface area (TPSA) is 146 Å². The monoisotopic (exact) mass is 403 g/mol. The second kappa shape index (κ2) is 7.56. The molecule has 0 spiro atoms. The molecule has 144 valence electrons. The zero-order chi connectivity index (χ0) is 20.4. The Hall–Kier alpha value is -3.60. The molecule has 1 aromatic carbocycles. The van der Waals surface area contributed by atoms with Crippen molar-refractivity contribution in [3.8, 4) is 17.1 Å². The summed E-state index contributed by atoms with van der Waals surface area (Å²) in [6.07, 6.45) is 1.35. The third-order valence-corrected chi connectivity index (χ3v) is 4.65. The second-order valence-corrected chi connectivity index (χ2v) is 6.57. The van der Waals surface area contributed by atoms with Gasteiger partial charge in [-0.1, -0.05) is 0 Å². The first-order chi connectivity index (χ1) is 13.3. The fourth-order valence-corrected chi connectivity index (χ4v) is 3.32. The predicted octanol–water partition coefficient (Wildman–Crippen LogP) is 2.38. The van der Waals surface area contributed by atoms with Gasteiger partial charge in [0.2, 0.25) is 5.91 Å². The summed E-state index contributed by atoms with van der Waals surface area (Å²) in [6, 6.07) is 7.16. The summed E-state index contributed by atoms with van der Waals surface area (Å²) < 4.78 is 10.9. The van der Waals surface area contributed by atoms with Crippen LogP contribution in [-0.4, -0.2) is 40.5 Å². The van der Waals surface area contributed by atoms with E-state index in [4.69, 9.17) is 14.9 Å². The first-order valence-corrected chi connectivity index (χ1v) is 8.58. The van der Waals surface area contributed by atoms with E-state index in [1.54, 1.807) is 6.07 Å². The molecule has 11 heteroatoms. The Labute approximate surface area is 162 Å². The lowest BCUT2D eigenvalue weighted by Gasteiger charge is -2.08. The summed E-state index contributed by atoms with van der Waals surface area (Å²) in [5.74, 6) is -0.564. The number of nitrogens with zero attached hydrogens (tertiary/aromatic N) is 2. The quantitative estimate of drug-likeness (QED) is 0.439. The number of imide groups is 1. The highest BCUT2D eigenvalue weighted by Gasteiger charge is 2.36. The Kier molecular flexibility index (Phi) is 5.18. The number of primary amides is 1. The van der Waals surface area contributed by atoms with Crippen LogP contribution in [0.4, 0.5) is 10.5 Å². The summed E-state index contributed by atoms with van der Waals surface area (Å²) >= 11 is 0.654. The van der Waals surface area contributed by atoms with Crippen molar-refractivity contribution in [2.75, 3.05) is 13.7 Å². The van der Waals surface area contributed by atoms with Gasteiger partial charge in [0.05, 0.1) is 22.5 Å².